The van der Waals surface area contributed by atoms with Gasteiger partial charge in [0.05, 0.1) is 11.7 Å². The summed E-state index contributed by atoms with van der Waals surface area (Å²) in [5.41, 5.74) is 1.49. The Bertz CT molecular complexity index is 342. The fourth-order valence-corrected chi connectivity index (χ4v) is 2.93. The van der Waals surface area contributed by atoms with Gasteiger partial charge in [-0.05, 0) is 32.3 Å². The topological polar surface area (TPSA) is 17.8 Å². The summed E-state index contributed by atoms with van der Waals surface area (Å²) in [6.07, 6.45) is 17.5. The number of hydrogen-bond acceptors (Lipinski definition) is 1. The van der Waals surface area contributed by atoms with Crippen molar-refractivity contribution in [2.24, 2.45) is 0 Å². The lowest BCUT2D eigenvalue weighted by Crippen LogP contribution is -2.30. The lowest BCUT2D eigenvalue weighted by atomic mass is 9.88. The van der Waals surface area contributed by atoms with E-state index in [4.69, 9.17) is 0 Å². The number of unbranched alkanes of at least 4 members (excludes halogenated alkanes) is 6. The first-order valence-electron chi connectivity index (χ1n) is 8.64. The fraction of sp³-hybridized carbons (Fsp3) is 0.833. The minimum atomic E-state index is 0.218. The average Bonchev–Trinajstić information content (AvgIpc) is 2.87. The normalized spacial score (nSPS) is 12.0. The highest BCUT2D eigenvalue weighted by Crippen LogP contribution is 2.30. The van der Waals surface area contributed by atoms with Crippen LogP contribution in [0.2, 0.25) is 0 Å². The molecule has 0 saturated heterocycles. The summed E-state index contributed by atoms with van der Waals surface area (Å²) in [6.45, 7) is 9.09. The minimum absolute atomic E-state index is 0.218. The third-order valence-corrected chi connectivity index (χ3v) is 4.40. The molecular weight excluding hydrogens is 244 g/mol. The summed E-state index contributed by atoms with van der Waals surface area (Å²) < 4.78 is 2.24. The maximum Gasteiger partial charge on any atom is 0.0599 e. The van der Waals surface area contributed by atoms with E-state index >= 15 is 0 Å². The Morgan fingerprint density at radius 2 is 1.50 bits per heavy atom. The van der Waals surface area contributed by atoms with Crippen LogP contribution in [0.15, 0.2) is 12.4 Å². The van der Waals surface area contributed by atoms with Crippen molar-refractivity contribution in [3.05, 3.63) is 18.0 Å². The fourth-order valence-electron chi connectivity index (χ4n) is 2.93. The second-order valence-corrected chi connectivity index (χ2v) is 6.58. The Hall–Kier alpha value is -0.790. The molecule has 0 bridgehead atoms. The van der Waals surface area contributed by atoms with Crippen LogP contribution in [0.1, 0.15) is 90.5 Å². The molecule has 0 fully saturated rings. The van der Waals surface area contributed by atoms with Gasteiger partial charge in [-0.2, -0.15) is 5.10 Å². The molecule has 0 atom stereocenters. The zero-order valence-corrected chi connectivity index (χ0v) is 14.1. The highest BCUT2D eigenvalue weighted by atomic mass is 15.3. The monoisotopic (exact) mass is 278 g/mol. The first-order chi connectivity index (χ1) is 9.62. The number of rotatable bonds is 11. The third-order valence-electron chi connectivity index (χ3n) is 4.40. The smallest absolute Gasteiger partial charge is 0.0599 e. The van der Waals surface area contributed by atoms with Gasteiger partial charge in [0.1, 0.15) is 0 Å². The van der Waals surface area contributed by atoms with Gasteiger partial charge in [0.15, 0.2) is 0 Å². The van der Waals surface area contributed by atoms with Gasteiger partial charge in [-0.15, -0.1) is 0 Å². The number of aryl methyl sites for hydroxylation is 1. The van der Waals surface area contributed by atoms with Gasteiger partial charge in [-0.1, -0.05) is 65.2 Å². The SMILES string of the molecule is CCCCCCC(C)(CCCCCC)n1cc(C)cn1. The predicted molar refractivity (Wildman–Crippen MR) is 88.1 cm³/mol. The number of aromatic nitrogens is 2. The highest BCUT2D eigenvalue weighted by Gasteiger charge is 2.26. The summed E-state index contributed by atoms with van der Waals surface area (Å²) in [6, 6.07) is 0. The van der Waals surface area contributed by atoms with Crippen molar-refractivity contribution in [1.82, 2.24) is 9.78 Å². The van der Waals surface area contributed by atoms with Gasteiger partial charge < -0.3 is 0 Å². The molecule has 0 aromatic carbocycles. The molecule has 20 heavy (non-hydrogen) atoms. The Kier molecular flexibility index (Phi) is 7.94. The van der Waals surface area contributed by atoms with Crippen LogP contribution in [-0.4, -0.2) is 9.78 Å². The summed E-state index contributed by atoms with van der Waals surface area (Å²) in [4.78, 5) is 0. The molecule has 1 heterocycles. The molecule has 1 aromatic rings. The third kappa shape index (κ3) is 5.68. The number of hydrogen-bond donors (Lipinski definition) is 0. The molecule has 0 saturated carbocycles. The molecule has 2 nitrogen and oxygen atoms in total. The molecule has 0 amide bonds. The Morgan fingerprint density at radius 1 is 0.950 bits per heavy atom. The van der Waals surface area contributed by atoms with Crippen LogP contribution in [0.5, 0.6) is 0 Å². The predicted octanol–water partition coefficient (Wildman–Crippen LogP) is 5.85. The average molecular weight is 278 g/mol. The molecule has 2 heteroatoms. The molecule has 0 unspecified atom stereocenters. The van der Waals surface area contributed by atoms with Crippen LogP contribution in [0.3, 0.4) is 0 Å². The van der Waals surface area contributed by atoms with Crippen molar-refractivity contribution in [2.45, 2.75) is 97.4 Å². The van der Waals surface area contributed by atoms with Crippen molar-refractivity contribution in [1.29, 1.82) is 0 Å². The molecule has 0 aliphatic carbocycles. The minimum Gasteiger partial charge on any atom is -0.267 e. The van der Waals surface area contributed by atoms with Crippen molar-refractivity contribution in [3.63, 3.8) is 0 Å². The second kappa shape index (κ2) is 9.20. The van der Waals surface area contributed by atoms with Crippen LogP contribution in [0, 0.1) is 6.92 Å². The van der Waals surface area contributed by atoms with E-state index in [1.807, 2.05) is 6.20 Å². The van der Waals surface area contributed by atoms with Crippen LogP contribution in [-0.2, 0) is 5.54 Å². The van der Waals surface area contributed by atoms with E-state index in [9.17, 15) is 0 Å². The van der Waals surface area contributed by atoms with Crippen molar-refractivity contribution >= 4 is 0 Å². The van der Waals surface area contributed by atoms with Gasteiger partial charge in [0.2, 0.25) is 0 Å². The van der Waals surface area contributed by atoms with Crippen LogP contribution < -0.4 is 0 Å². The van der Waals surface area contributed by atoms with E-state index in [1.165, 1.54) is 69.8 Å². The summed E-state index contributed by atoms with van der Waals surface area (Å²) >= 11 is 0. The Labute approximate surface area is 126 Å². The first-order valence-corrected chi connectivity index (χ1v) is 8.64. The Balaban J connectivity index is 2.57. The van der Waals surface area contributed by atoms with Gasteiger partial charge in [0, 0.05) is 6.20 Å². The van der Waals surface area contributed by atoms with E-state index < -0.39 is 0 Å². The van der Waals surface area contributed by atoms with Crippen molar-refractivity contribution in [2.75, 3.05) is 0 Å². The molecule has 0 aliphatic rings. The van der Waals surface area contributed by atoms with Gasteiger partial charge in [0.25, 0.3) is 0 Å². The molecule has 0 N–H and O–H groups in total. The summed E-state index contributed by atoms with van der Waals surface area (Å²) in [7, 11) is 0. The van der Waals surface area contributed by atoms with Crippen LogP contribution in [0.4, 0.5) is 0 Å². The quantitative estimate of drug-likeness (QED) is 0.464. The van der Waals surface area contributed by atoms with Crippen LogP contribution in [0.25, 0.3) is 0 Å². The molecule has 0 radical (unpaired) electrons. The molecular formula is C18H34N2. The van der Waals surface area contributed by atoms with E-state index in [0.717, 1.165) is 0 Å². The maximum atomic E-state index is 4.60. The van der Waals surface area contributed by atoms with Crippen molar-refractivity contribution < 1.29 is 0 Å². The first kappa shape index (κ1) is 17.3. The van der Waals surface area contributed by atoms with Crippen LogP contribution >= 0.6 is 0 Å². The standard InChI is InChI=1S/C18H34N2/c1-5-7-9-11-13-18(4,14-12-10-8-6-2)20-16-17(3)15-19-20/h15-16H,5-14H2,1-4H3. The van der Waals surface area contributed by atoms with Gasteiger partial charge in [-0.25, -0.2) is 0 Å². The zero-order chi connectivity index (χ0) is 14.8. The van der Waals surface area contributed by atoms with Gasteiger partial charge in [-0.3, -0.25) is 4.68 Å². The van der Waals surface area contributed by atoms with Gasteiger partial charge >= 0.3 is 0 Å². The zero-order valence-electron chi connectivity index (χ0n) is 14.1. The molecule has 116 valence electrons. The van der Waals surface area contributed by atoms with Crippen molar-refractivity contribution in [3.8, 4) is 0 Å². The molecule has 0 aliphatic heterocycles. The van der Waals surface area contributed by atoms with E-state index in [2.05, 4.69) is 43.7 Å². The number of nitrogens with zero attached hydrogens (tertiary/aromatic N) is 2. The lowest BCUT2D eigenvalue weighted by Gasteiger charge is -2.30. The second-order valence-electron chi connectivity index (χ2n) is 6.58. The van der Waals surface area contributed by atoms with E-state index in [0.29, 0.717) is 0 Å². The summed E-state index contributed by atoms with van der Waals surface area (Å²) in [5, 5.41) is 4.60. The molecule has 1 rings (SSSR count). The summed E-state index contributed by atoms with van der Waals surface area (Å²) in [5.74, 6) is 0. The van der Waals surface area contributed by atoms with E-state index in [1.54, 1.807) is 0 Å². The lowest BCUT2D eigenvalue weighted by molar-refractivity contribution is 0.227. The maximum absolute atomic E-state index is 4.60. The van der Waals surface area contributed by atoms with E-state index in [-0.39, 0.29) is 5.54 Å². The Morgan fingerprint density at radius 3 is 1.90 bits per heavy atom. The largest absolute Gasteiger partial charge is 0.267 e. The molecule has 1 aromatic heterocycles. The highest BCUT2D eigenvalue weighted by molar-refractivity contribution is 5.02. The molecule has 0 spiro atoms.